The largest absolute Gasteiger partial charge is 0.347 e. The molecular formula is C13H21N5O2. The van der Waals surface area contributed by atoms with Gasteiger partial charge in [-0.25, -0.2) is 4.98 Å². The van der Waals surface area contributed by atoms with Crippen LogP contribution in [0.1, 0.15) is 12.7 Å². The van der Waals surface area contributed by atoms with Gasteiger partial charge in [0.25, 0.3) is 5.56 Å². The van der Waals surface area contributed by atoms with E-state index in [1.165, 1.54) is 6.07 Å². The van der Waals surface area contributed by atoms with Crippen LogP contribution >= 0.6 is 0 Å². The number of aryl methyl sites for hydroxylation is 1. The maximum atomic E-state index is 12.3. The van der Waals surface area contributed by atoms with Gasteiger partial charge in [0.05, 0.1) is 0 Å². The molecule has 1 aromatic rings. The summed E-state index contributed by atoms with van der Waals surface area (Å²) in [5, 5.41) is 3.21. The molecule has 1 saturated heterocycles. The van der Waals surface area contributed by atoms with Crippen molar-refractivity contribution in [3.63, 3.8) is 0 Å². The minimum atomic E-state index is -0.322. The molecule has 2 rings (SSSR count). The molecule has 0 radical (unpaired) electrons. The molecule has 20 heavy (non-hydrogen) atoms. The number of likely N-dealkylation sites (N-methyl/N-ethyl adjacent to an activating group) is 1. The van der Waals surface area contributed by atoms with Crippen molar-refractivity contribution < 1.29 is 4.79 Å². The molecule has 0 bridgehead atoms. The molecule has 0 spiro atoms. The zero-order valence-electron chi connectivity index (χ0n) is 12.1. The Kier molecular flexibility index (Phi) is 4.39. The topological polar surface area (TPSA) is 81.3 Å². The summed E-state index contributed by atoms with van der Waals surface area (Å²) < 4.78 is 0. The summed E-state index contributed by atoms with van der Waals surface area (Å²) in [6, 6.07) is 1.14. The van der Waals surface area contributed by atoms with Gasteiger partial charge in [-0.1, -0.05) is 6.92 Å². The van der Waals surface area contributed by atoms with Gasteiger partial charge in [-0.15, -0.1) is 0 Å². The van der Waals surface area contributed by atoms with Crippen molar-refractivity contribution in [2.24, 2.45) is 0 Å². The lowest BCUT2D eigenvalue weighted by Gasteiger charge is -2.37. The number of anilines is 1. The lowest BCUT2D eigenvalue weighted by atomic mass is 10.1. The summed E-state index contributed by atoms with van der Waals surface area (Å²) in [7, 11) is 3.47. The minimum Gasteiger partial charge on any atom is -0.347 e. The number of piperazine rings is 1. The van der Waals surface area contributed by atoms with Crippen LogP contribution in [-0.4, -0.2) is 60.5 Å². The quantitative estimate of drug-likeness (QED) is 0.757. The summed E-state index contributed by atoms with van der Waals surface area (Å²) in [5.41, 5.74) is -0.179. The number of hydrogen-bond donors (Lipinski definition) is 2. The highest BCUT2D eigenvalue weighted by Crippen LogP contribution is 2.15. The second-order valence-electron chi connectivity index (χ2n) is 5.05. The van der Waals surface area contributed by atoms with Gasteiger partial charge in [0.15, 0.2) is 0 Å². The van der Waals surface area contributed by atoms with E-state index >= 15 is 0 Å². The number of rotatable bonds is 3. The smallest absolute Gasteiger partial charge is 0.252 e. The maximum Gasteiger partial charge on any atom is 0.252 e. The highest BCUT2D eigenvalue weighted by Gasteiger charge is 2.30. The number of H-pyrrole nitrogens is 1. The first kappa shape index (κ1) is 14.5. The number of nitrogens with one attached hydrogen (secondary N) is 2. The summed E-state index contributed by atoms with van der Waals surface area (Å²) >= 11 is 0. The van der Waals surface area contributed by atoms with Gasteiger partial charge in [-0.3, -0.25) is 9.59 Å². The number of hydrogen-bond acceptors (Lipinski definition) is 5. The highest BCUT2D eigenvalue weighted by molar-refractivity contribution is 5.85. The third-order valence-corrected chi connectivity index (χ3v) is 3.38. The molecule has 110 valence electrons. The molecule has 1 unspecified atom stereocenters. The average Bonchev–Trinajstić information content (AvgIpc) is 2.45. The molecule has 2 N–H and O–H groups in total. The fourth-order valence-electron chi connectivity index (χ4n) is 2.31. The average molecular weight is 279 g/mol. The Hall–Kier alpha value is -1.89. The van der Waals surface area contributed by atoms with E-state index in [2.05, 4.69) is 15.3 Å². The van der Waals surface area contributed by atoms with Crippen molar-refractivity contribution in [2.75, 3.05) is 38.6 Å². The fourth-order valence-corrected chi connectivity index (χ4v) is 2.31. The molecule has 2 heterocycles. The molecule has 1 aliphatic heterocycles. The lowest BCUT2D eigenvalue weighted by Crippen LogP contribution is -2.58. The molecule has 1 amide bonds. The monoisotopic (exact) mass is 279 g/mol. The first-order valence-corrected chi connectivity index (χ1v) is 6.81. The number of carbonyl (C=O) groups excluding carboxylic acids is 1. The van der Waals surface area contributed by atoms with Gasteiger partial charge in [-0.05, 0) is 0 Å². The number of nitrogens with zero attached hydrogens (tertiary/aromatic N) is 3. The summed E-state index contributed by atoms with van der Waals surface area (Å²) in [6.07, 6.45) is 0.654. The van der Waals surface area contributed by atoms with Crippen molar-refractivity contribution in [2.45, 2.75) is 19.4 Å². The molecule has 0 saturated carbocycles. The summed E-state index contributed by atoms with van der Waals surface area (Å²) in [5.74, 6) is 1.23. The SMILES string of the molecule is CCc1nc(N2CCNCC2C(=O)N(C)C)cc(=O)[nH]1. The van der Waals surface area contributed by atoms with Crippen molar-refractivity contribution in [3.8, 4) is 0 Å². The van der Waals surface area contributed by atoms with E-state index in [1.54, 1.807) is 19.0 Å². The maximum absolute atomic E-state index is 12.3. The predicted molar refractivity (Wildman–Crippen MR) is 76.9 cm³/mol. The number of aromatic nitrogens is 2. The summed E-state index contributed by atoms with van der Waals surface area (Å²) in [4.78, 5) is 34.6. The summed E-state index contributed by atoms with van der Waals surface area (Å²) in [6.45, 7) is 3.92. The van der Waals surface area contributed by atoms with Crippen LogP contribution in [0.5, 0.6) is 0 Å². The number of carbonyl (C=O) groups is 1. The van der Waals surface area contributed by atoms with E-state index in [-0.39, 0.29) is 17.5 Å². The normalized spacial score (nSPS) is 18.9. The molecule has 0 aliphatic carbocycles. The molecule has 1 fully saturated rings. The van der Waals surface area contributed by atoms with Crippen LogP contribution in [-0.2, 0) is 11.2 Å². The van der Waals surface area contributed by atoms with Crippen molar-refractivity contribution in [1.29, 1.82) is 0 Å². The molecule has 7 nitrogen and oxygen atoms in total. The molecule has 1 aliphatic rings. The van der Waals surface area contributed by atoms with Crippen LogP contribution in [0.4, 0.5) is 5.82 Å². The number of amides is 1. The zero-order chi connectivity index (χ0) is 14.7. The molecule has 0 aromatic carbocycles. The van der Waals surface area contributed by atoms with E-state index in [1.807, 2.05) is 11.8 Å². The third kappa shape index (κ3) is 2.98. The van der Waals surface area contributed by atoms with Gasteiger partial charge >= 0.3 is 0 Å². The van der Waals surface area contributed by atoms with E-state index in [0.29, 0.717) is 31.2 Å². The van der Waals surface area contributed by atoms with Crippen LogP contribution < -0.4 is 15.8 Å². The Morgan fingerprint density at radius 3 is 2.95 bits per heavy atom. The van der Waals surface area contributed by atoms with E-state index in [4.69, 9.17) is 0 Å². The molecular weight excluding hydrogens is 258 g/mol. The second-order valence-corrected chi connectivity index (χ2v) is 5.05. The second kappa shape index (κ2) is 6.04. The van der Waals surface area contributed by atoms with Crippen molar-refractivity contribution >= 4 is 11.7 Å². The van der Waals surface area contributed by atoms with Crippen LogP contribution in [0.3, 0.4) is 0 Å². The van der Waals surface area contributed by atoms with Gasteiger partial charge in [0.2, 0.25) is 5.91 Å². The minimum absolute atomic E-state index is 0.0114. The Morgan fingerprint density at radius 2 is 2.30 bits per heavy atom. The van der Waals surface area contributed by atoms with Crippen molar-refractivity contribution in [3.05, 3.63) is 22.2 Å². The predicted octanol–water partition coefficient (Wildman–Crippen LogP) is -0.801. The van der Waals surface area contributed by atoms with Gasteiger partial charge in [-0.2, -0.15) is 0 Å². The zero-order valence-corrected chi connectivity index (χ0v) is 12.1. The Balaban J connectivity index is 2.34. The Morgan fingerprint density at radius 1 is 1.55 bits per heavy atom. The van der Waals surface area contributed by atoms with Gasteiger partial charge in [0, 0.05) is 46.2 Å². The van der Waals surface area contributed by atoms with E-state index in [0.717, 1.165) is 6.54 Å². The number of aromatic amines is 1. The fraction of sp³-hybridized carbons (Fsp3) is 0.615. The van der Waals surface area contributed by atoms with Gasteiger partial charge < -0.3 is 20.1 Å². The Labute approximate surface area is 118 Å². The standard InChI is InChI=1S/C13H21N5O2/c1-4-10-15-11(7-12(19)16-10)18-6-5-14-8-9(18)13(20)17(2)3/h7,9,14H,4-6,8H2,1-3H3,(H,15,16,19). The van der Waals surface area contributed by atoms with Crippen LogP contribution in [0, 0.1) is 0 Å². The third-order valence-electron chi connectivity index (χ3n) is 3.38. The molecule has 1 aromatic heterocycles. The van der Waals surface area contributed by atoms with Crippen molar-refractivity contribution in [1.82, 2.24) is 20.2 Å². The van der Waals surface area contributed by atoms with Gasteiger partial charge in [0.1, 0.15) is 17.7 Å². The molecule has 1 atom stereocenters. The van der Waals surface area contributed by atoms with Crippen LogP contribution in [0.25, 0.3) is 0 Å². The Bertz CT molecular complexity index is 540. The van der Waals surface area contributed by atoms with E-state index < -0.39 is 0 Å². The highest BCUT2D eigenvalue weighted by atomic mass is 16.2. The van der Waals surface area contributed by atoms with Crippen LogP contribution in [0.15, 0.2) is 10.9 Å². The lowest BCUT2D eigenvalue weighted by molar-refractivity contribution is -0.130. The van der Waals surface area contributed by atoms with E-state index in [9.17, 15) is 9.59 Å². The first-order chi connectivity index (χ1) is 9.52. The molecule has 7 heteroatoms. The first-order valence-electron chi connectivity index (χ1n) is 6.81. The van der Waals surface area contributed by atoms with Crippen LogP contribution in [0.2, 0.25) is 0 Å².